The first-order valence-electron chi connectivity index (χ1n) is 7.65. The molecule has 1 heterocycles. The molecule has 3 N–H and O–H groups in total. The maximum Gasteiger partial charge on any atom is 0.268 e. The molecule has 0 bridgehead atoms. The third-order valence-corrected chi connectivity index (χ3v) is 5.46. The molecule has 0 atom stereocenters. The Balaban J connectivity index is 2.23. The fourth-order valence-electron chi connectivity index (χ4n) is 2.65. The van der Waals surface area contributed by atoms with Crippen molar-refractivity contribution < 1.29 is 12.8 Å². The highest BCUT2D eigenvalue weighted by atomic mass is 32.2. The molecule has 0 radical (unpaired) electrons. The molecule has 0 aliphatic heterocycles. The molecule has 3 aromatic rings. The standard InChI is InChI=1S/C18H18FN3O2S/c1-21-11-13-9-18(16-7-2-3-8-17(16)19)22(12-13)25(23,24)15-6-4-5-14(20)10-15/h2-10,12,21H,11,20H2,1H3. The van der Waals surface area contributed by atoms with E-state index in [1.807, 2.05) is 0 Å². The van der Waals surface area contributed by atoms with Gasteiger partial charge in [-0.1, -0.05) is 18.2 Å². The van der Waals surface area contributed by atoms with E-state index < -0.39 is 15.8 Å². The van der Waals surface area contributed by atoms with Crippen molar-refractivity contribution in [2.75, 3.05) is 12.8 Å². The predicted molar refractivity (Wildman–Crippen MR) is 96.0 cm³/mol. The molecule has 5 nitrogen and oxygen atoms in total. The summed E-state index contributed by atoms with van der Waals surface area (Å²) in [7, 11) is -2.16. The zero-order chi connectivity index (χ0) is 18.0. The largest absolute Gasteiger partial charge is 0.399 e. The fourth-order valence-corrected chi connectivity index (χ4v) is 4.10. The fraction of sp³-hybridized carbons (Fsp3) is 0.111. The third kappa shape index (κ3) is 3.29. The Hall–Kier alpha value is -2.64. The van der Waals surface area contributed by atoms with E-state index >= 15 is 0 Å². The molecule has 1 aromatic heterocycles. The van der Waals surface area contributed by atoms with Crippen molar-refractivity contribution in [3.05, 3.63) is 72.2 Å². The number of halogens is 1. The summed E-state index contributed by atoms with van der Waals surface area (Å²) in [6.45, 7) is 0.459. The first-order chi connectivity index (χ1) is 11.9. The molecule has 0 amide bonds. The SMILES string of the molecule is CNCc1cc(-c2ccccc2F)n(S(=O)(=O)c2cccc(N)c2)c1. The lowest BCUT2D eigenvalue weighted by Crippen LogP contribution is -2.14. The Kier molecular flexibility index (Phi) is 4.61. The Morgan fingerprint density at radius 2 is 1.88 bits per heavy atom. The number of nitrogen functional groups attached to an aromatic ring is 1. The molecule has 25 heavy (non-hydrogen) atoms. The zero-order valence-corrected chi connectivity index (χ0v) is 14.4. The second kappa shape index (κ2) is 6.70. The number of anilines is 1. The number of benzene rings is 2. The third-order valence-electron chi connectivity index (χ3n) is 3.79. The van der Waals surface area contributed by atoms with Crippen LogP contribution in [0.15, 0.2) is 65.7 Å². The van der Waals surface area contributed by atoms with Gasteiger partial charge in [-0.2, -0.15) is 0 Å². The quantitative estimate of drug-likeness (QED) is 0.687. The van der Waals surface area contributed by atoms with Gasteiger partial charge in [0.05, 0.1) is 10.6 Å². The normalized spacial score (nSPS) is 11.6. The van der Waals surface area contributed by atoms with Crippen LogP contribution in [0.3, 0.4) is 0 Å². The summed E-state index contributed by atoms with van der Waals surface area (Å²) < 4.78 is 41.5. The van der Waals surface area contributed by atoms with Crippen LogP contribution in [0.2, 0.25) is 0 Å². The van der Waals surface area contributed by atoms with Gasteiger partial charge in [0.2, 0.25) is 0 Å². The molecule has 0 saturated carbocycles. The van der Waals surface area contributed by atoms with Crippen molar-refractivity contribution in [3.8, 4) is 11.3 Å². The number of nitrogens with one attached hydrogen (secondary N) is 1. The number of nitrogens with two attached hydrogens (primary N) is 1. The maximum atomic E-state index is 14.3. The average molecular weight is 359 g/mol. The topological polar surface area (TPSA) is 77.1 Å². The van der Waals surface area contributed by atoms with Crippen molar-refractivity contribution in [3.63, 3.8) is 0 Å². The summed E-state index contributed by atoms with van der Waals surface area (Å²) in [4.78, 5) is 0.0525. The van der Waals surface area contributed by atoms with Gasteiger partial charge in [-0.3, -0.25) is 0 Å². The number of rotatable bonds is 5. The van der Waals surface area contributed by atoms with E-state index in [2.05, 4.69) is 5.32 Å². The van der Waals surface area contributed by atoms with Gasteiger partial charge in [0.25, 0.3) is 10.0 Å². The van der Waals surface area contributed by atoms with Gasteiger partial charge in [0.1, 0.15) is 5.82 Å². The van der Waals surface area contributed by atoms with E-state index in [0.717, 1.165) is 9.54 Å². The molecule has 0 aliphatic carbocycles. The minimum absolute atomic E-state index is 0.0525. The van der Waals surface area contributed by atoms with Crippen LogP contribution in [0.1, 0.15) is 5.56 Å². The Morgan fingerprint density at radius 3 is 2.56 bits per heavy atom. The van der Waals surface area contributed by atoms with Gasteiger partial charge < -0.3 is 11.1 Å². The molecule has 3 rings (SSSR count). The van der Waals surface area contributed by atoms with E-state index in [0.29, 0.717) is 12.2 Å². The van der Waals surface area contributed by atoms with Crippen LogP contribution in [0.25, 0.3) is 11.3 Å². The molecule has 0 aliphatic rings. The van der Waals surface area contributed by atoms with E-state index in [9.17, 15) is 12.8 Å². The van der Waals surface area contributed by atoms with Crippen molar-refractivity contribution in [1.29, 1.82) is 0 Å². The van der Waals surface area contributed by atoms with Crippen LogP contribution in [-0.4, -0.2) is 19.4 Å². The average Bonchev–Trinajstić information content (AvgIpc) is 3.00. The second-order valence-electron chi connectivity index (χ2n) is 5.62. The summed E-state index contributed by atoms with van der Waals surface area (Å²) in [5, 5.41) is 2.97. The highest BCUT2D eigenvalue weighted by Gasteiger charge is 2.23. The van der Waals surface area contributed by atoms with Gasteiger partial charge in [0.15, 0.2) is 0 Å². The van der Waals surface area contributed by atoms with Crippen molar-refractivity contribution in [2.45, 2.75) is 11.4 Å². The van der Waals surface area contributed by atoms with Crippen LogP contribution in [-0.2, 0) is 16.6 Å². The number of hydrogen-bond acceptors (Lipinski definition) is 4. The van der Waals surface area contributed by atoms with Gasteiger partial charge in [-0.15, -0.1) is 0 Å². The minimum atomic E-state index is -3.91. The van der Waals surface area contributed by atoms with Gasteiger partial charge in [-0.25, -0.2) is 16.8 Å². The number of hydrogen-bond donors (Lipinski definition) is 2. The van der Waals surface area contributed by atoms with Gasteiger partial charge >= 0.3 is 0 Å². The number of nitrogens with zero attached hydrogens (tertiary/aromatic N) is 1. The van der Waals surface area contributed by atoms with E-state index in [1.54, 1.807) is 43.4 Å². The maximum absolute atomic E-state index is 14.3. The van der Waals surface area contributed by atoms with E-state index in [4.69, 9.17) is 5.73 Å². The molecular formula is C18H18FN3O2S. The van der Waals surface area contributed by atoms with E-state index in [-0.39, 0.29) is 16.2 Å². The Labute approximate surface area is 146 Å². The van der Waals surface area contributed by atoms with Crippen LogP contribution in [0, 0.1) is 5.82 Å². The lowest BCUT2D eigenvalue weighted by Gasteiger charge is -2.11. The van der Waals surface area contributed by atoms with Crippen LogP contribution in [0.5, 0.6) is 0 Å². The summed E-state index contributed by atoms with van der Waals surface area (Å²) in [6.07, 6.45) is 1.50. The lowest BCUT2D eigenvalue weighted by atomic mass is 10.1. The summed E-state index contributed by atoms with van der Waals surface area (Å²) in [5.41, 5.74) is 7.28. The molecule has 7 heteroatoms. The van der Waals surface area contributed by atoms with Crippen LogP contribution >= 0.6 is 0 Å². The van der Waals surface area contributed by atoms with Crippen LogP contribution < -0.4 is 11.1 Å². The highest BCUT2D eigenvalue weighted by Crippen LogP contribution is 2.29. The van der Waals surface area contributed by atoms with Gasteiger partial charge in [0, 0.05) is 24.0 Å². The van der Waals surface area contributed by atoms with E-state index in [1.165, 1.54) is 24.4 Å². The second-order valence-corrected chi connectivity index (χ2v) is 7.43. The van der Waals surface area contributed by atoms with Crippen molar-refractivity contribution in [1.82, 2.24) is 9.29 Å². The molecule has 0 fully saturated rings. The molecule has 2 aromatic carbocycles. The summed E-state index contributed by atoms with van der Waals surface area (Å²) in [5.74, 6) is -0.486. The molecule has 130 valence electrons. The summed E-state index contributed by atoms with van der Waals surface area (Å²) in [6, 6.07) is 13.8. The van der Waals surface area contributed by atoms with Crippen molar-refractivity contribution in [2.24, 2.45) is 0 Å². The Bertz CT molecular complexity index is 1010. The van der Waals surface area contributed by atoms with Crippen LogP contribution in [0.4, 0.5) is 10.1 Å². The summed E-state index contributed by atoms with van der Waals surface area (Å²) >= 11 is 0. The lowest BCUT2D eigenvalue weighted by molar-refractivity contribution is 0.587. The van der Waals surface area contributed by atoms with Crippen molar-refractivity contribution >= 4 is 15.7 Å². The Morgan fingerprint density at radius 1 is 1.12 bits per heavy atom. The minimum Gasteiger partial charge on any atom is -0.399 e. The number of aromatic nitrogens is 1. The molecule has 0 unspecified atom stereocenters. The molecule has 0 spiro atoms. The first-order valence-corrected chi connectivity index (χ1v) is 9.09. The molecule has 0 saturated heterocycles. The predicted octanol–water partition coefficient (Wildman–Crippen LogP) is 2.83. The first kappa shape index (κ1) is 17.2. The zero-order valence-electron chi connectivity index (χ0n) is 13.6. The molecular weight excluding hydrogens is 341 g/mol. The highest BCUT2D eigenvalue weighted by molar-refractivity contribution is 7.90. The van der Waals surface area contributed by atoms with Gasteiger partial charge in [-0.05, 0) is 49.0 Å². The smallest absolute Gasteiger partial charge is 0.268 e. The monoisotopic (exact) mass is 359 g/mol.